The van der Waals surface area contributed by atoms with Crippen LogP contribution in [-0.4, -0.2) is 92.3 Å². The monoisotopic (exact) mass is 948 g/mol. The van der Waals surface area contributed by atoms with Crippen molar-refractivity contribution in [3.8, 4) is 33.6 Å². The van der Waals surface area contributed by atoms with Gasteiger partial charge in [0, 0.05) is 29.4 Å². The topological polar surface area (TPSA) is 175 Å². The number of ether oxygens (including phenoxy) is 2. The van der Waals surface area contributed by atoms with E-state index in [4.69, 9.17) is 14.7 Å². The van der Waals surface area contributed by atoms with Crippen molar-refractivity contribution in [3.63, 3.8) is 0 Å². The summed E-state index contributed by atoms with van der Waals surface area (Å²) in [5.74, 6) is 0.619. The van der Waals surface area contributed by atoms with Gasteiger partial charge < -0.3 is 34.6 Å². The number of benzene rings is 2. The first-order valence-electron chi connectivity index (χ1n) is 20.4. The number of imidazole rings is 2. The Kier molecular flexibility index (Phi) is 14.0. The van der Waals surface area contributed by atoms with Crippen LogP contribution in [-0.2, 0) is 19.1 Å². The molecule has 60 heavy (non-hydrogen) atoms. The summed E-state index contributed by atoms with van der Waals surface area (Å²) in [6, 6.07) is 15.0. The highest BCUT2D eigenvalue weighted by atomic mass is 79.9. The van der Waals surface area contributed by atoms with E-state index in [1.165, 1.54) is 20.4 Å². The van der Waals surface area contributed by atoms with Gasteiger partial charge in [0.25, 0.3) is 0 Å². The lowest BCUT2D eigenvalue weighted by Gasteiger charge is -2.32. The second kappa shape index (κ2) is 18.8. The summed E-state index contributed by atoms with van der Waals surface area (Å²) in [7, 11) is 2.55. The number of amides is 4. The maximum atomic E-state index is 14.0. The predicted octanol–water partition coefficient (Wildman–Crippen LogP) is 9.50. The predicted molar refractivity (Wildman–Crippen MR) is 237 cm³/mol. The van der Waals surface area contributed by atoms with Crippen molar-refractivity contribution >= 4 is 62.1 Å². The molecule has 0 radical (unpaired) electrons. The molecule has 3 heterocycles. The fraction of sp³-hybridized carbons (Fsp3) is 0.477. The second-order valence-electron chi connectivity index (χ2n) is 16.5. The number of halogens is 2. The number of aliphatic imine (C=N–C) groups is 1. The van der Waals surface area contributed by atoms with Gasteiger partial charge in [-0.3, -0.25) is 9.59 Å². The number of nitrogens with zero attached hydrogens (tertiary/aromatic N) is 5. The summed E-state index contributed by atoms with van der Waals surface area (Å²) in [6.07, 6.45) is 2.48. The van der Waals surface area contributed by atoms with Gasteiger partial charge in [-0.2, -0.15) is 4.99 Å². The van der Waals surface area contributed by atoms with Gasteiger partial charge in [-0.25, -0.2) is 19.6 Å². The average Bonchev–Trinajstić information content (AvgIpc) is 3.49. The number of nitrogens with one attached hydrogen (secondary N) is 3. The minimum Gasteiger partial charge on any atom is -0.453 e. The lowest BCUT2D eigenvalue weighted by atomic mass is 9.94. The molecule has 16 heteroatoms. The van der Waals surface area contributed by atoms with Crippen LogP contribution in [0.1, 0.15) is 91.5 Å². The van der Waals surface area contributed by atoms with Crippen molar-refractivity contribution in [1.82, 2.24) is 35.1 Å². The molecule has 2 aromatic carbocycles. The van der Waals surface area contributed by atoms with Crippen LogP contribution in [0.5, 0.6) is 0 Å². The Labute approximate surface area is 368 Å². The molecule has 1 aliphatic heterocycles. The van der Waals surface area contributed by atoms with Crippen LogP contribution in [0.4, 0.5) is 9.59 Å². The standard InChI is InChI=1S/C44H54Br2N8O6/c1-22(2)31(21-47-43(57)59-8)41(55)54(33-20-24(33)5)26(7)39-48-35(37(45)51-39)29-15-11-27(12-16-29)28-13-17-30(18-14-28)36-38(46)52-40(49-36)32-19-10-25(6)53(32)42(56)34(23(3)4)50-44(58)60-9/h11-18,21-26,31-34H,10,19-20H2,1-9H3,(H,48,51)(H,49,52)(H,50,58)/b47-21+/t24-,25+,26-,31?,32-,33+,34-/m0/s1. The second-order valence-corrected chi connectivity index (χ2v) is 18.1. The van der Waals surface area contributed by atoms with Crippen LogP contribution in [0.2, 0.25) is 0 Å². The van der Waals surface area contributed by atoms with Crippen molar-refractivity contribution in [3.05, 3.63) is 69.4 Å². The van der Waals surface area contributed by atoms with E-state index >= 15 is 0 Å². The number of carbonyl (C=O) groups is 4. The third kappa shape index (κ3) is 9.54. The maximum absolute atomic E-state index is 14.0. The van der Waals surface area contributed by atoms with E-state index in [2.05, 4.69) is 88.1 Å². The minimum absolute atomic E-state index is 0.0249. The molecule has 1 saturated carbocycles. The molecular weight excluding hydrogens is 896 g/mol. The zero-order valence-corrected chi connectivity index (χ0v) is 38.6. The quantitative estimate of drug-likeness (QED) is 0.111. The molecule has 0 spiro atoms. The van der Waals surface area contributed by atoms with Crippen LogP contribution < -0.4 is 5.32 Å². The summed E-state index contributed by atoms with van der Waals surface area (Å²) in [5, 5.41) is 2.72. The molecule has 7 atom stereocenters. The molecule has 320 valence electrons. The van der Waals surface area contributed by atoms with E-state index in [9.17, 15) is 19.2 Å². The maximum Gasteiger partial charge on any atom is 0.432 e. The van der Waals surface area contributed by atoms with Crippen LogP contribution >= 0.6 is 31.9 Å². The Morgan fingerprint density at radius 3 is 1.90 bits per heavy atom. The number of likely N-dealkylation sites (tertiary alicyclic amines) is 1. The molecule has 4 amide bonds. The van der Waals surface area contributed by atoms with E-state index in [-0.39, 0.29) is 47.8 Å². The van der Waals surface area contributed by atoms with E-state index in [0.29, 0.717) is 22.2 Å². The molecule has 14 nitrogen and oxygen atoms in total. The third-order valence-electron chi connectivity index (χ3n) is 11.6. The van der Waals surface area contributed by atoms with Crippen LogP contribution in [0.15, 0.2) is 62.7 Å². The minimum atomic E-state index is -0.737. The lowest BCUT2D eigenvalue weighted by Crippen LogP contribution is -2.52. The number of alkyl carbamates (subject to hydrolysis) is 1. The van der Waals surface area contributed by atoms with E-state index in [0.717, 1.165) is 57.5 Å². The summed E-state index contributed by atoms with van der Waals surface area (Å²) in [6.45, 7) is 13.8. The lowest BCUT2D eigenvalue weighted by molar-refractivity contribution is -0.138. The first-order valence-corrected chi connectivity index (χ1v) is 22.0. The highest BCUT2D eigenvalue weighted by Gasteiger charge is 2.46. The molecule has 2 aliphatic rings. The normalized spacial score (nSPS) is 20.3. The summed E-state index contributed by atoms with van der Waals surface area (Å²) >= 11 is 7.37. The molecule has 2 aromatic heterocycles. The molecule has 4 aromatic rings. The first kappa shape index (κ1) is 44.7. The average molecular weight is 951 g/mol. The zero-order valence-electron chi connectivity index (χ0n) is 35.5. The SMILES string of the molecule is COC(=O)/N=C/C(C(=O)N([C@@H]1C[C@@H]1C)[C@@H](C)c1nc(-c2ccc(-c3ccc(-c4nc([C@@H]5CC[C@@H](C)N5C(=O)[C@@H](NC(=O)OC)C(C)C)[nH]c4Br)cc3)cc2)c(Br)[nH]1)C(C)C. The molecule has 2 fully saturated rings. The Morgan fingerprint density at radius 2 is 1.38 bits per heavy atom. The summed E-state index contributed by atoms with van der Waals surface area (Å²) in [4.78, 5) is 76.1. The van der Waals surface area contributed by atoms with Crippen molar-refractivity contribution < 1.29 is 28.7 Å². The highest BCUT2D eigenvalue weighted by molar-refractivity contribution is 9.10. The fourth-order valence-electron chi connectivity index (χ4n) is 7.95. The number of methoxy groups -OCH3 is 2. The Morgan fingerprint density at radius 1 is 0.833 bits per heavy atom. The third-order valence-corrected chi connectivity index (χ3v) is 12.8. The van der Waals surface area contributed by atoms with Gasteiger partial charge in [-0.15, -0.1) is 0 Å². The van der Waals surface area contributed by atoms with Gasteiger partial charge in [0.1, 0.15) is 38.3 Å². The van der Waals surface area contributed by atoms with Gasteiger partial charge in [0.2, 0.25) is 11.8 Å². The number of aromatic amines is 2. The Balaban J connectivity index is 1.17. The number of hydrogen-bond donors (Lipinski definition) is 3. The van der Waals surface area contributed by atoms with Crippen molar-refractivity contribution in [2.24, 2.45) is 28.7 Å². The number of carbonyl (C=O) groups excluding carboxylic acids is 4. The van der Waals surface area contributed by atoms with Crippen molar-refractivity contribution in [1.29, 1.82) is 0 Å². The zero-order chi connectivity index (χ0) is 43.6. The number of H-pyrrole nitrogens is 2. The smallest absolute Gasteiger partial charge is 0.432 e. The molecule has 1 aliphatic carbocycles. The van der Waals surface area contributed by atoms with Gasteiger partial charge >= 0.3 is 12.2 Å². The molecule has 1 saturated heterocycles. The van der Waals surface area contributed by atoms with Crippen molar-refractivity contribution in [2.45, 2.75) is 97.9 Å². The van der Waals surface area contributed by atoms with Gasteiger partial charge in [-0.1, -0.05) is 83.1 Å². The molecule has 6 rings (SSSR count). The van der Waals surface area contributed by atoms with E-state index in [1.807, 2.05) is 75.6 Å². The van der Waals surface area contributed by atoms with Crippen LogP contribution in [0, 0.1) is 23.7 Å². The highest BCUT2D eigenvalue weighted by Crippen LogP contribution is 2.42. The van der Waals surface area contributed by atoms with Crippen LogP contribution in [0.3, 0.4) is 0 Å². The first-order chi connectivity index (χ1) is 28.5. The molecule has 3 N–H and O–H groups in total. The van der Waals surface area contributed by atoms with Crippen LogP contribution in [0.25, 0.3) is 33.6 Å². The summed E-state index contributed by atoms with van der Waals surface area (Å²) in [5.41, 5.74) is 5.34. The van der Waals surface area contributed by atoms with Gasteiger partial charge in [0.05, 0.1) is 32.2 Å². The number of aromatic nitrogens is 4. The number of rotatable bonds is 13. The molecular formula is C44H54Br2N8O6. The number of hydrogen-bond acceptors (Lipinski definition) is 8. The molecule has 0 bridgehead atoms. The van der Waals surface area contributed by atoms with E-state index in [1.54, 1.807) is 0 Å². The van der Waals surface area contributed by atoms with E-state index < -0.39 is 24.1 Å². The fourth-order valence-corrected chi connectivity index (χ4v) is 8.99. The van der Waals surface area contributed by atoms with Gasteiger partial charge in [0.15, 0.2) is 0 Å². The van der Waals surface area contributed by atoms with Crippen molar-refractivity contribution in [2.75, 3.05) is 14.2 Å². The molecule has 1 unspecified atom stereocenters. The Hall–Kier alpha value is -4.83. The Bertz CT molecular complexity index is 2220. The summed E-state index contributed by atoms with van der Waals surface area (Å²) < 4.78 is 10.9. The van der Waals surface area contributed by atoms with Gasteiger partial charge in [-0.05, 0) is 93.9 Å². The largest absolute Gasteiger partial charge is 0.453 e.